The summed E-state index contributed by atoms with van der Waals surface area (Å²) in [5.41, 5.74) is 3.61. The predicted molar refractivity (Wildman–Crippen MR) is 89.0 cm³/mol. The van der Waals surface area contributed by atoms with Gasteiger partial charge in [-0.1, -0.05) is 24.3 Å². The molecule has 0 N–H and O–H groups in total. The van der Waals surface area contributed by atoms with E-state index >= 15 is 0 Å². The molecule has 0 spiro atoms. The summed E-state index contributed by atoms with van der Waals surface area (Å²) >= 11 is 0. The molecule has 4 rings (SSSR count). The first-order valence-corrected chi connectivity index (χ1v) is 7.61. The molecule has 0 aromatic heterocycles. The van der Waals surface area contributed by atoms with E-state index in [0.717, 1.165) is 23.5 Å². The Hall–Kier alpha value is -2.69. The predicted octanol–water partition coefficient (Wildman–Crippen LogP) is 2.46. The van der Waals surface area contributed by atoms with Crippen molar-refractivity contribution in [2.24, 2.45) is 4.99 Å². The summed E-state index contributed by atoms with van der Waals surface area (Å²) < 4.78 is 14.3. The number of para-hydroxylation sites is 1. The van der Waals surface area contributed by atoms with Crippen molar-refractivity contribution < 1.29 is 9.18 Å². The molecular formula is C18H16FN3O. The number of halogens is 1. The molecule has 116 valence electrons. The maximum absolute atomic E-state index is 14.3. The Morgan fingerprint density at radius 2 is 1.83 bits per heavy atom. The van der Waals surface area contributed by atoms with E-state index in [-0.39, 0.29) is 18.3 Å². The van der Waals surface area contributed by atoms with Gasteiger partial charge in [0.05, 0.1) is 17.1 Å². The fraction of sp³-hybridized carbons (Fsp3) is 0.222. The molecule has 2 aliphatic rings. The van der Waals surface area contributed by atoms with Gasteiger partial charge in [0.1, 0.15) is 12.4 Å². The molecule has 4 nitrogen and oxygen atoms in total. The highest BCUT2D eigenvalue weighted by Crippen LogP contribution is 2.38. The van der Waals surface area contributed by atoms with E-state index in [1.54, 1.807) is 23.1 Å². The van der Waals surface area contributed by atoms with Crippen LogP contribution in [0.5, 0.6) is 0 Å². The van der Waals surface area contributed by atoms with Gasteiger partial charge in [0.25, 0.3) is 0 Å². The van der Waals surface area contributed by atoms with Gasteiger partial charge in [-0.3, -0.25) is 9.79 Å². The number of nitrogens with zero attached hydrogens (tertiary/aromatic N) is 3. The first kappa shape index (κ1) is 13.9. The number of aliphatic imine (C=N–C) groups is 1. The van der Waals surface area contributed by atoms with Crippen LogP contribution in [-0.2, 0) is 4.79 Å². The number of hydrogen-bond donors (Lipinski definition) is 0. The minimum absolute atomic E-state index is 0.0432. The third-order valence-corrected chi connectivity index (χ3v) is 4.41. The van der Waals surface area contributed by atoms with Crippen molar-refractivity contribution >= 4 is 23.0 Å². The molecule has 2 aliphatic heterocycles. The van der Waals surface area contributed by atoms with Crippen LogP contribution < -0.4 is 9.80 Å². The second-order valence-corrected chi connectivity index (χ2v) is 5.78. The topological polar surface area (TPSA) is 35.9 Å². The highest BCUT2D eigenvalue weighted by Gasteiger charge is 2.31. The summed E-state index contributed by atoms with van der Waals surface area (Å²) in [6, 6.07) is 12.4. The quantitative estimate of drug-likeness (QED) is 0.811. The summed E-state index contributed by atoms with van der Waals surface area (Å²) in [7, 11) is 2.00. The number of likely N-dealkylation sites (N-methyl/N-ethyl adjacent to an activating group) is 1. The number of carbonyl (C=O) groups is 1. The number of anilines is 2. The van der Waals surface area contributed by atoms with Gasteiger partial charge >= 0.3 is 0 Å². The zero-order valence-corrected chi connectivity index (χ0v) is 12.8. The minimum Gasteiger partial charge on any atom is -0.371 e. The molecule has 0 saturated heterocycles. The molecule has 2 aromatic rings. The minimum atomic E-state index is -0.325. The molecule has 0 saturated carbocycles. The van der Waals surface area contributed by atoms with Gasteiger partial charge in [-0.15, -0.1) is 0 Å². The fourth-order valence-electron chi connectivity index (χ4n) is 3.25. The van der Waals surface area contributed by atoms with Gasteiger partial charge in [0.2, 0.25) is 5.91 Å². The second kappa shape index (κ2) is 5.19. The summed E-state index contributed by atoms with van der Waals surface area (Å²) in [6.07, 6.45) is 0. The Morgan fingerprint density at radius 3 is 2.65 bits per heavy atom. The molecule has 0 fully saturated rings. The normalized spacial score (nSPS) is 16.8. The first-order valence-electron chi connectivity index (χ1n) is 7.61. The molecule has 2 heterocycles. The van der Waals surface area contributed by atoms with Gasteiger partial charge in [0, 0.05) is 31.3 Å². The van der Waals surface area contributed by atoms with Gasteiger partial charge in [-0.2, -0.15) is 0 Å². The van der Waals surface area contributed by atoms with Crippen LogP contribution in [0.15, 0.2) is 47.5 Å². The summed E-state index contributed by atoms with van der Waals surface area (Å²) in [5.74, 6) is -0.368. The second-order valence-electron chi connectivity index (χ2n) is 5.78. The SMILES string of the molecule is CN1CCN2C(=O)CN=C(c3ccccc3F)c3cccc1c32. The van der Waals surface area contributed by atoms with Crippen molar-refractivity contribution in [3.63, 3.8) is 0 Å². The molecule has 0 aliphatic carbocycles. The highest BCUT2D eigenvalue weighted by atomic mass is 19.1. The van der Waals surface area contributed by atoms with E-state index in [0.29, 0.717) is 17.8 Å². The molecule has 0 atom stereocenters. The highest BCUT2D eigenvalue weighted by molar-refractivity contribution is 6.21. The van der Waals surface area contributed by atoms with Crippen molar-refractivity contribution in [1.29, 1.82) is 0 Å². The van der Waals surface area contributed by atoms with E-state index < -0.39 is 0 Å². The maximum atomic E-state index is 14.3. The third-order valence-electron chi connectivity index (χ3n) is 4.41. The number of carbonyl (C=O) groups excluding carboxylic acids is 1. The lowest BCUT2D eigenvalue weighted by Gasteiger charge is -2.36. The van der Waals surface area contributed by atoms with Gasteiger partial charge in [0.15, 0.2) is 0 Å². The number of rotatable bonds is 1. The van der Waals surface area contributed by atoms with Crippen LogP contribution in [0.1, 0.15) is 11.1 Å². The van der Waals surface area contributed by atoms with E-state index in [4.69, 9.17) is 0 Å². The third kappa shape index (κ3) is 2.11. The van der Waals surface area contributed by atoms with Crippen LogP contribution in [0.3, 0.4) is 0 Å². The lowest BCUT2D eigenvalue weighted by molar-refractivity contribution is -0.117. The zero-order chi connectivity index (χ0) is 16.0. The Kier molecular flexibility index (Phi) is 3.15. The van der Waals surface area contributed by atoms with Crippen LogP contribution >= 0.6 is 0 Å². The summed E-state index contributed by atoms with van der Waals surface area (Å²) in [6.45, 7) is 1.44. The average Bonchev–Trinajstić information content (AvgIpc) is 2.70. The first-order chi connectivity index (χ1) is 11.2. The Balaban J connectivity index is 1.99. The average molecular weight is 309 g/mol. The maximum Gasteiger partial charge on any atom is 0.248 e. The van der Waals surface area contributed by atoms with Crippen LogP contribution in [0, 0.1) is 5.82 Å². The molecule has 0 unspecified atom stereocenters. The van der Waals surface area contributed by atoms with Crippen LogP contribution in [0.25, 0.3) is 0 Å². The molecule has 2 aromatic carbocycles. The summed E-state index contributed by atoms with van der Waals surface area (Å²) in [5, 5.41) is 0. The van der Waals surface area contributed by atoms with E-state index in [2.05, 4.69) is 9.89 Å². The smallest absolute Gasteiger partial charge is 0.248 e. The van der Waals surface area contributed by atoms with Crippen LogP contribution in [0.4, 0.5) is 15.8 Å². The monoisotopic (exact) mass is 309 g/mol. The molecule has 1 amide bonds. The van der Waals surface area contributed by atoms with Gasteiger partial charge in [-0.25, -0.2) is 4.39 Å². The van der Waals surface area contributed by atoms with E-state index in [9.17, 15) is 9.18 Å². The number of amides is 1. The van der Waals surface area contributed by atoms with Crippen molar-refractivity contribution in [1.82, 2.24) is 0 Å². The number of benzene rings is 2. The Bertz CT molecular complexity index is 831. The van der Waals surface area contributed by atoms with Crippen molar-refractivity contribution in [3.8, 4) is 0 Å². The molecule has 0 radical (unpaired) electrons. The van der Waals surface area contributed by atoms with Crippen molar-refractivity contribution in [2.45, 2.75) is 0 Å². The Morgan fingerprint density at radius 1 is 1.04 bits per heavy atom. The van der Waals surface area contributed by atoms with E-state index in [1.807, 2.05) is 25.2 Å². The van der Waals surface area contributed by atoms with E-state index in [1.165, 1.54) is 6.07 Å². The molecule has 0 bridgehead atoms. The zero-order valence-electron chi connectivity index (χ0n) is 12.8. The molecule has 5 heteroatoms. The van der Waals surface area contributed by atoms with Gasteiger partial charge in [-0.05, 0) is 18.2 Å². The lowest BCUT2D eigenvalue weighted by Crippen LogP contribution is -2.43. The Labute approximate surface area is 133 Å². The summed E-state index contributed by atoms with van der Waals surface area (Å²) in [4.78, 5) is 20.8. The molecule has 23 heavy (non-hydrogen) atoms. The largest absolute Gasteiger partial charge is 0.371 e. The van der Waals surface area contributed by atoms with Crippen LogP contribution in [0.2, 0.25) is 0 Å². The van der Waals surface area contributed by atoms with Gasteiger partial charge < -0.3 is 9.80 Å². The van der Waals surface area contributed by atoms with Crippen LogP contribution in [-0.4, -0.2) is 38.3 Å². The fourth-order valence-corrected chi connectivity index (χ4v) is 3.25. The standard InChI is InChI=1S/C18H16FN3O/c1-21-9-10-22-16(23)11-20-17(12-5-2-3-7-14(12)19)13-6-4-8-15(21)18(13)22/h2-8H,9-11H2,1H3. The molecular weight excluding hydrogens is 293 g/mol. The number of hydrogen-bond acceptors (Lipinski definition) is 3. The van der Waals surface area contributed by atoms with Crippen molar-refractivity contribution in [2.75, 3.05) is 36.5 Å². The van der Waals surface area contributed by atoms with Crippen molar-refractivity contribution in [3.05, 3.63) is 59.4 Å². The lowest BCUT2D eigenvalue weighted by atomic mass is 9.97.